The summed E-state index contributed by atoms with van der Waals surface area (Å²) in [6, 6.07) is 1.07. The number of nitrogens with one attached hydrogen (secondary N) is 1. The van der Waals surface area contributed by atoms with Gasteiger partial charge in [-0.1, -0.05) is 6.42 Å². The van der Waals surface area contributed by atoms with Crippen LogP contribution in [-0.4, -0.2) is 23.3 Å². The molecule has 0 aromatic rings. The number of rotatable bonds is 0. The summed E-state index contributed by atoms with van der Waals surface area (Å²) in [5.74, 6) is 0. The summed E-state index contributed by atoms with van der Waals surface area (Å²) >= 11 is 0. The number of hydrogen-bond donors (Lipinski definition) is 2. The van der Waals surface area contributed by atoms with E-state index in [1.807, 2.05) is 0 Å². The molecule has 2 heteroatoms. The summed E-state index contributed by atoms with van der Waals surface area (Å²) in [4.78, 5) is 0. The van der Waals surface area contributed by atoms with Crippen molar-refractivity contribution in [2.45, 2.75) is 43.9 Å². The second-order valence-electron chi connectivity index (χ2n) is 3.20. The summed E-state index contributed by atoms with van der Waals surface area (Å²) in [6.45, 7) is 0. The van der Waals surface area contributed by atoms with E-state index in [0.29, 0.717) is 12.1 Å². The van der Waals surface area contributed by atoms with Crippen LogP contribution in [0.1, 0.15) is 25.7 Å². The van der Waals surface area contributed by atoms with Crippen molar-refractivity contribution in [3.8, 4) is 0 Å². The lowest BCUT2D eigenvalue weighted by molar-refractivity contribution is 0.156. The molecule has 9 heavy (non-hydrogen) atoms. The maximum Gasteiger partial charge on any atom is 0.0708 e. The van der Waals surface area contributed by atoms with Crippen molar-refractivity contribution in [1.29, 1.82) is 0 Å². The Morgan fingerprint density at radius 1 is 1.33 bits per heavy atom. The monoisotopic (exact) mass is 127 g/mol. The van der Waals surface area contributed by atoms with Crippen molar-refractivity contribution in [2.75, 3.05) is 0 Å². The first kappa shape index (κ1) is 5.69. The topological polar surface area (TPSA) is 32.3 Å². The summed E-state index contributed by atoms with van der Waals surface area (Å²) < 4.78 is 0. The number of hydrogen-bond acceptors (Lipinski definition) is 2. The molecule has 0 amide bonds. The van der Waals surface area contributed by atoms with Gasteiger partial charge < -0.3 is 10.4 Å². The molecular formula is C7H13NO. The first-order valence-electron chi connectivity index (χ1n) is 3.80. The Labute approximate surface area is 55.3 Å². The first-order valence-corrected chi connectivity index (χ1v) is 3.80. The van der Waals surface area contributed by atoms with E-state index in [-0.39, 0.29) is 6.10 Å². The summed E-state index contributed by atoms with van der Waals surface area (Å²) in [5.41, 5.74) is 0. The molecule has 0 saturated carbocycles. The summed E-state index contributed by atoms with van der Waals surface area (Å²) in [6.07, 6.45) is 4.70. The molecule has 0 radical (unpaired) electrons. The van der Waals surface area contributed by atoms with Crippen molar-refractivity contribution in [3.05, 3.63) is 0 Å². The van der Waals surface area contributed by atoms with Gasteiger partial charge in [0.1, 0.15) is 0 Å². The summed E-state index contributed by atoms with van der Waals surface area (Å²) in [7, 11) is 0. The molecule has 0 aliphatic carbocycles. The fraction of sp³-hybridized carbons (Fsp3) is 1.00. The zero-order valence-electron chi connectivity index (χ0n) is 5.51. The first-order chi connectivity index (χ1) is 4.36. The van der Waals surface area contributed by atoms with Crippen molar-refractivity contribution >= 4 is 0 Å². The lowest BCUT2D eigenvalue weighted by atomic mass is 10.1. The Morgan fingerprint density at radius 3 is 2.89 bits per heavy atom. The van der Waals surface area contributed by atoms with Gasteiger partial charge in [0.2, 0.25) is 0 Å². The van der Waals surface area contributed by atoms with Crippen molar-refractivity contribution in [2.24, 2.45) is 0 Å². The van der Waals surface area contributed by atoms with E-state index < -0.39 is 0 Å². The molecule has 0 spiro atoms. The van der Waals surface area contributed by atoms with Gasteiger partial charge in [0.25, 0.3) is 0 Å². The van der Waals surface area contributed by atoms with Gasteiger partial charge in [-0.25, -0.2) is 0 Å². The molecule has 2 rings (SSSR count). The SMILES string of the molecule is O[C@H]1C[C@@H]2CCC[C@@H]1N2. The zero-order chi connectivity index (χ0) is 6.27. The highest BCUT2D eigenvalue weighted by Gasteiger charge is 2.34. The van der Waals surface area contributed by atoms with Crippen molar-refractivity contribution < 1.29 is 5.11 Å². The highest BCUT2D eigenvalue weighted by molar-refractivity contribution is 4.94. The van der Waals surface area contributed by atoms with Crippen LogP contribution in [0.4, 0.5) is 0 Å². The molecule has 2 aliphatic rings. The van der Waals surface area contributed by atoms with Crippen molar-refractivity contribution in [3.63, 3.8) is 0 Å². The van der Waals surface area contributed by atoms with Crippen LogP contribution in [0.5, 0.6) is 0 Å². The highest BCUT2D eigenvalue weighted by Crippen LogP contribution is 2.26. The molecule has 2 heterocycles. The van der Waals surface area contributed by atoms with E-state index in [0.717, 1.165) is 6.42 Å². The standard InChI is InChI=1S/C7H13NO/c9-7-4-5-2-1-3-6(7)8-5/h5-9H,1-4H2/t5-,6-,7-/m0/s1. The van der Waals surface area contributed by atoms with E-state index in [1.165, 1.54) is 19.3 Å². The van der Waals surface area contributed by atoms with E-state index in [2.05, 4.69) is 5.32 Å². The summed E-state index contributed by atoms with van der Waals surface area (Å²) in [5, 5.41) is 12.7. The molecule has 0 aromatic carbocycles. The van der Waals surface area contributed by atoms with Crippen LogP contribution < -0.4 is 5.32 Å². The van der Waals surface area contributed by atoms with E-state index >= 15 is 0 Å². The largest absolute Gasteiger partial charge is 0.391 e. The molecule has 2 bridgehead atoms. The fourth-order valence-electron chi connectivity index (χ4n) is 2.00. The average molecular weight is 127 g/mol. The molecule has 0 aromatic heterocycles. The average Bonchev–Trinajstić information content (AvgIpc) is 2.09. The molecular weight excluding hydrogens is 114 g/mol. The Hall–Kier alpha value is -0.0800. The minimum absolute atomic E-state index is 0.0440. The Balaban J connectivity index is 2.07. The Bertz CT molecular complexity index is 113. The lowest BCUT2D eigenvalue weighted by Crippen LogP contribution is -2.36. The van der Waals surface area contributed by atoms with E-state index in [4.69, 9.17) is 0 Å². The van der Waals surface area contributed by atoms with Gasteiger partial charge in [0, 0.05) is 12.1 Å². The molecule has 2 nitrogen and oxygen atoms in total. The van der Waals surface area contributed by atoms with Crippen LogP contribution in [0, 0.1) is 0 Å². The molecule has 2 N–H and O–H groups in total. The third-order valence-corrected chi connectivity index (χ3v) is 2.51. The number of fused-ring (bicyclic) bond motifs is 2. The van der Waals surface area contributed by atoms with Crippen LogP contribution in [0.15, 0.2) is 0 Å². The molecule has 3 atom stereocenters. The third kappa shape index (κ3) is 0.864. The second-order valence-corrected chi connectivity index (χ2v) is 3.20. The number of piperidine rings is 1. The zero-order valence-corrected chi connectivity index (χ0v) is 5.51. The van der Waals surface area contributed by atoms with Gasteiger partial charge >= 0.3 is 0 Å². The van der Waals surface area contributed by atoms with Crippen LogP contribution in [0.3, 0.4) is 0 Å². The second kappa shape index (κ2) is 1.96. The van der Waals surface area contributed by atoms with Gasteiger partial charge in [-0.3, -0.25) is 0 Å². The maximum absolute atomic E-state index is 9.34. The minimum Gasteiger partial charge on any atom is -0.391 e. The minimum atomic E-state index is -0.0440. The van der Waals surface area contributed by atoms with Gasteiger partial charge in [-0.2, -0.15) is 0 Å². The maximum atomic E-state index is 9.34. The Morgan fingerprint density at radius 2 is 2.22 bits per heavy atom. The molecule has 2 fully saturated rings. The van der Waals surface area contributed by atoms with Crippen LogP contribution >= 0.6 is 0 Å². The lowest BCUT2D eigenvalue weighted by Gasteiger charge is -2.20. The number of aliphatic hydroxyl groups is 1. The molecule has 52 valence electrons. The predicted molar refractivity (Wildman–Crippen MR) is 35.2 cm³/mol. The van der Waals surface area contributed by atoms with Gasteiger partial charge in [-0.15, -0.1) is 0 Å². The smallest absolute Gasteiger partial charge is 0.0708 e. The molecule has 2 aliphatic heterocycles. The predicted octanol–water partition coefficient (Wildman–Crippen LogP) is 0.262. The van der Waals surface area contributed by atoms with Gasteiger partial charge in [-0.05, 0) is 19.3 Å². The highest BCUT2D eigenvalue weighted by atomic mass is 16.3. The Kier molecular flexibility index (Phi) is 1.24. The van der Waals surface area contributed by atoms with Crippen LogP contribution in [0.2, 0.25) is 0 Å². The van der Waals surface area contributed by atoms with Crippen molar-refractivity contribution in [1.82, 2.24) is 5.32 Å². The van der Waals surface area contributed by atoms with Crippen LogP contribution in [0.25, 0.3) is 0 Å². The van der Waals surface area contributed by atoms with Crippen LogP contribution in [-0.2, 0) is 0 Å². The molecule has 0 unspecified atom stereocenters. The van der Waals surface area contributed by atoms with Gasteiger partial charge in [0.05, 0.1) is 6.10 Å². The van der Waals surface area contributed by atoms with E-state index in [1.54, 1.807) is 0 Å². The third-order valence-electron chi connectivity index (χ3n) is 2.51. The molecule has 2 saturated heterocycles. The fourth-order valence-corrected chi connectivity index (χ4v) is 2.00. The number of aliphatic hydroxyl groups excluding tert-OH is 1. The normalized spacial score (nSPS) is 49.7. The quantitative estimate of drug-likeness (QED) is 0.489. The van der Waals surface area contributed by atoms with Gasteiger partial charge in [0.15, 0.2) is 0 Å². The van der Waals surface area contributed by atoms with E-state index in [9.17, 15) is 5.11 Å².